The summed E-state index contributed by atoms with van der Waals surface area (Å²) in [5.74, 6) is 0.556. The third-order valence-corrected chi connectivity index (χ3v) is 3.57. The second-order valence-corrected chi connectivity index (χ2v) is 5.12. The number of ether oxygens (including phenoxy) is 1. The van der Waals surface area contributed by atoms with Gasteiger partial charge in [-0.15, -0.1) is 12.4 Å². The molecule has 0 aromatic heterocycles. The van der Waals surface area contributed by atoms with E-state index in [1.54, 1.807) is 23.1 Å². The maximum Gasteiger partial charge on any atom is 0.231 e. The van der Waals surface area contributed by atoms with Crippen molar-refractivity contribution in [1.82, 2.24) is 0 Å². The van der Waals surface area contributed by atoms with Gasteiger partial charge < -0.3 is 9.64 Å². The topological polar surface area (TPSA) is 70.5 Å². The predicted molar refractivity (Wildman–Crippen MR) is 94.4 cm³/mol. The fourth-order valence-corrected chi connectivity index (χ4v) is 2.42. The Balaban J connectivity index is 0.000000730. The molecule has 2 aromatic rings. The zero-order chi connectivity index (χ0) is 17.4. The van der Waals surface area contributed by atoms with Gasteiger partial charge in [-0.05, 0) is 36.8 Å². The molecular formula is C18H18ClFN2O3. The molecule has 1 N–H and O–H groups in total. The van der Waals surface area contributed by atoms with Crippen LogP contribution >= 0.6 is 12.4 Å². The summed E-state index contributed by atoms with van der Waals surface area (Å²) in [4.78, 5) is 21.8. The summed E-state index contributed by atoms with van der Waals surface area (Å²) in [7, 11) is 0. The highest BCUT2D eigenvalue weighted by molar-refractivity contribution is 5.95. The zero-order valence-electron chi connectivity index (χ0n) is 13.4. The molecule has 0 bridgehead atoms. The van der Waals surface area contributed by atoms with Gasteiger partial charge in [0.2, 0.25) is 12.0 Å². The number of nitrogens with one attached hydrogen (secondary N) is 1. The third kappa shape index (κ3) is 5.71. The van der Waals surface area contributed by atoms with E-state index in [2.05, 4.69) is 0 Å². The first-order valence-electron chi connectivity index (χ1n) is 7.46. The summed E-state index contributed by atoms with van der Waals surface area (Å²) in [6, 6.07) is 13.9. The van der Waals surface area contributed by atoms with Crippen molar-refractivity contribution >= 4 is 30.1 Å². The van der Waals surface area contributed by atoms with Crippen LogP contribution in [0.2, 0.25) is 0 Å². The molecule has 3 rings (SSSR count). The zero-order valence-corrected chi connectivity index (χ0v) is 14.2. The number of amides is 1. The molecule has 1 amide bonds. The van der Waals surface area contributed by atoms with Gasteiger partial charge in [0, 0.05) is 24.2 Å². The number of carbonyl (C=O) groups is 1. The number of hydrogen-bond donors (Lipinski definition) is 1. The smallest absolute Gasteiger partial charge is 0.231 e. The minimum Gasteiger partial charge on any atom is -0.489 e. The summed E-state index contributed by atoms with van der Waals surface area (Å²) in [5.41, 5.74) is 1.41. The van der Waals surface area contributed by atoms with Gasteiger partial charge in [0.25, 0.3) is 0 Å². The molecule has 0 atom stereocenters. The SMILES string of the molecule is Cl.N=C=O.O=C1CCCN1c1ccc(OCc2ccccc2F)cc1. The third-order valence-electron chi connectivity index (χ3n) is 3.57. The highest BCUT2D eigenvalue weighted by Crippen LogP contribution is 2.24. The average Bonchev–Trinajstić information content (AvgIpc) is 3.01. The molecule has 1 fully saturated rings. The number of rotatable bonds is 4. The number of hydrogen-bond acceptors (Lipinski definition) is 4. The van der Waals surface area contributed by atoms with E-state index in [1.165, 1.54) is 6.07 Å². The summed E-state index contributed by atoms with van der Waals surface area (Å²) < 4.78 is 19.1. The first-order chi connectivity index (χ1) is 11.7. The van der Waals surface area contributed by atoms with Gasteiger partial charge >= 0.3 is 0 Å². The second-order valence-electron chi connectivity index (χ2n) is 5.12. The highest BCUT2D eigenvalue weighted by atomic mass is 35.5. The van der Waals surface area contributed by atoms with Crippen LogP contribution in [0.25, 0.3) is 0 Å². The number of halogens is 2. The molecule has 0 spiro atoms. The molecule has 1 heterocycles. The quantitative estimate of drug-likeness (QED) is 0.661. The lowest BCUT2D eigenvalue weighted by Gasteiger charge is -2.16. The van der Waals surface area contributed by atoms with Gasteiger partial charge in [0.1, 0.15) is 18.2 Å². The monoisotopic (exact) mass is 364 g/mol. The molecule has 5 nitrogen and oxygen atoms in total. The standard InChI is InChI=1S/C17H16FNO2.CHNO.ClH/c18-16-5-2-1-4-13(16)12-21-15-9-7-14(8-10-15)19-11-3-6-17(19)20;2-1-3;/h1-2,4-5,7-10H,3,6,11-12H2;2H;1H. The van der Waals surface area contributed by atoms with Crippen molar-refractivity contribution in [2.45, 2.75) is 19.4 Å². The predicted octanol–water partition coefficient (Wildman–Crippen LogP) is 3.85. The lowest BCUT2D eigenvalue weighted by molar-refractivity contribution is -0.117. The summed E-state index contributed by atoms with van der Waals surface area (Å²) >= 11 is 0. The van der Waals surface area contributed by atoms with Crippen LogP contribution in [0, 0.1) is 11.2 Å². The van der Waals surface area contributed by atoms with E-state index in [4.69, 9.17) is 14.9 Å². The van der Waals surface area contributed by atoms with E-state index in [0.717, 1.165) is 24.7 Å². The van der Waals surface area contributed by atoms with Gasteiger partial charge in [-0.3, -0.25) is 4.79 Å². The maximum absolute atomic E-state index is 13.5. The average molecular weight is 365 g/mol. The number of carbonyl (C=O) groups excluding carboxylic acids is 2. The van der Waals surface area contributed by atoms with Crippen LogP contribution in [0.1, 0.15) is 18.4 Å². The molecule has 1 aliphatic heterocycles. The molecular weight excluding hydrogens is 347 g/mol. The normalized spacial score (nSPS) is 12.5. The van der Waals surface area contributed by atoms with Crippen molar-refractivity contribution < 1.29 is 18.7 Å². The Bertz CT molecular complexity index is 731. The Morgan fingerprint density at radius 2 is 1.80 bits per heavy atom. The van der Waals surface area contributed by atoms with Gasteiger partial charge in [0.15, 0.2) is 0 Å². The molecule has 0 saturated carbocycles. The van der Waals surface area contributed by atoms with Crippen LogP contribution in [-0.2, 0) is 16.2 Å². The number of anilines is 1. The second kappa shape index (κ2) is 10.2. The summed E-state index contributed by atoms with van der Waals surface area (Å²) in [5, 5.41) is 5.40. The summed E-state index contributed by atoms with van der Waals surface area (Å²) in [6.07, 6.45) is 2.27. The molecule has 2 aromatic carbocycles. The Labute approximate surface area is 151 Å². The van der Waals surface area contributed by atoms with Crippen LogP contribution in [0.3, 0.4) is 0 Å². The first kappa shape index (κ1) is 20.4. The van der Waals surface area contributed by atoms with E-state index >= 15 is 0 Å². The Kier molecular flexibility index (Phi) is 8.33. The molecule has 0 aliphatic carbocycles. The number of benzene rings is 2. The van der Waals surface area contributed by atoms with E-state index in [-0.39, 0.29) is 30.7 Å². The van der Waals surface area contributed by atoms with E-state index < -0.39 is 0 Å². The van der Waals surface area contributed by atoms with Crippen LogP contribution in [-0.4, -0.2) is 18.5 Å². The summed E-state index contributed by atoms with van der Waals surface area (Å²) in [6.45, 7) is 0.961. The van der Waals surface area contributed by atoms with Crippen molar-refractivity contribution in [3.63, 3.8) is 0 Å². The van der Waals surface area contributed by atoms with Crippen molar-refractivity contribution in [3.8, 4) is 5.75 Å². The minimum absolute atomic E-state index is 0. The van der Waals surface area contributed by atoms with Gasteiger partial charge in [-0.25, -0.2) is 14.6 Å². The van der Waals surface area contributed by atoms with Gasteiger partial charge in [-0.1, -0.05) is 18.2 Å². The number of nitrogens with zero attached hydrogens (tertiary/aromatic N) is 1. The molecule has 0 unspecified atom stereocenters. The van der Waals surface area contributed by atoms with Crippen LogP contribution in [0.5, 0.6) is 5.75 Å². The minimum atomic E-state index is -0.267. The molecule has 132 valence electrons. The molecule has 1 aliphatic rings. The maximum atomic E-state index is 13.5. The van der Waals surface area contributed by atoms with Gasteiger partial charge in [0.05, 0.1) is 0 Å². The van der Waals surface area contributed by atoms with Crippen molar-refractivity contribution in [3.05, 3.63) is 59.9 Å². The van der Waals surface area contributed by atoms with Crippen LogP contribution in [0.4, 0.5) is 10.1 Å². The Morgan fingerprint density at radius 1 is 1.16 bits per heavy atom. The lowest BCUT2D eigenvalue weighted by atomic mass is 10.2. The molecule has 0 radical (unpaired) electrons. The van der Waals surface area contributed by atoms with Crippen molar-refractivity contribution in [1.29, 1.82) is 5.41 Å². The molecule has 1 saturated heterocycles. The Morgan fingerprint density at radius 3 is 2.36 bits per heavy atom. The molecule has 25 heavy (non-hydrogen) atoms. The van der Waals surface area contributed by atoms with Crippen molar-refractivity contribution in [2.75, 3.05) is 11.4 Å². The largest absolute Gasteiger partial charge is 0.489 e. The highest BCUT2D eigenvalue weighted by Gasteiger charge is 2.21. The number of isocyanates is 1. The molecule has 7 heteroatoms. The van der Waals surface area contributed by atoms with Crippen LogP contribution < -0.4 is 9.64 Å². The van der Waals surface area contributed by atoms with Crippen molar-refractivity contribution in [2.24, 2.45) is 0 Å². The van der Waals surface area contributed by atoms with E-state index in [9.17, 15) is 9.18 Å². The first-order valence-corrected chi connectivity index (χ1v) is 7.46. The fourth-order valence-electron chi connectivity index (χ4n) is 2.42. The van der Waals surface area contributed by atoms with Gasteiger partial charge in [-0.2, -0.15) is 0 Å². The van der Waals surface area contributed by atoms with E-state index in [1.807, 2.05) is 24.3 Å². The van der Waals surface area contributed by atoms with E-state index in [0.29, 0.717) is 17.7 Å². The fraction of sp³-hybridized carbons (Fsp3) is 0.222. The lowest BCUT2D eigenvalue weighted by Crippen LogP contribution is -2.23. The Hall–Kier alpha value is -2.69. The van der Waals surface area contributed by atoms with Crippen LogP contribution in [0.15, 0.2) is 48.5 Å².